The van der Waals surface area contributed by atoms with Gasteiger partial charge in [0, 0.05) is 16.7 Å². The van der Waals surface area contributed by atoms with Crippen LogP contribution in [0.3, 0.4) is 0 Å². The topological polar surface area (TPSA) is 69.0 Å². The molecule has 6 nitrogen and oxygen atoms in total. The molecule has 1 aromatic heterocycles. The number of amides is 1. The molecular weight excluding hydrogens is 488 g/mol. The Morgan fingerprint density at radius 2 is 1.97 bits per heavy atom. The Morgan fingerprint density at radius 1 is 1.20 bits per heavy atom. The van der Waals surface area contributed by atoms with Crippen LogP contribution in [0.5, 0.6) is 5.75 Å². The Morgan fingerprint density at radius 3 is 2.70 bits per heavy atom. The number of hydrogen-bond donors (Lipinski definition) is 1. The van der Waals surface area contributed by atoms with Crippen LogP contribution in [0.25, 0.3) is 0 Å². The van der Waals surface area contributed by atoms with Crippen LogP contribution >= 0.6 is 39.3 Å². The van der Waals surface area contributed by atoms with Crippen molar-refractivity contribution in [2.45, 2.75) is 39.1 Å². The molecule has 1 heterocycles. The first-order chi connectivity index (χ1) is 14.4. The third-order valence-corrected chi connectivity index (χ3v) is 6.77. The molecule has 30 heavy (non-hydrogen) atoms. The number of halogens is 2. The van der Waals surface area contributed by atoms with Gasteiger partial charge in [0.05, 0.1) is 10.8 Å². The average Bonchev–Trinajstić information content (AvgIpc) is 3.14. The summed E-state index contributed by atoms with van der Waals surface area (Å²) in [6.07, 6.45) is 0. The second-order valence-electron chi connectivity index (χ2n) is 6.54. The van der Waals surface area contributed by atoms with Crippen molar-refractivity contribution in [1.29, 1.82) is 0 Å². The Labute approximate surface area is 193 Å². The molecule has 3 rings (SSSR count). The first-order valence-electron chi connectivity index (χ1n) is 9.38. The van der Waals surface area contributed by atoms with Gasteiger partial charge in [0.15, 0.2) is 11.0 Å². The molecule has 158 valence electrons. The Kier molecular flexibility index (Phi) is 7.80. The van der Waals surface area contributed by atoms with E-state index in [9.17, 15) is 4.79 Å². The van der Waals surface area contributed by atoms with Crippen molar-refractivity contribution in [1.82, 2.24) is 14.8 Å². The molecule has 3 aromatic rings. The Balaban J connectivity index is 1.61. The largest absolute Gasteiger partial charge is 0.484 e. The van der Waals surface area contributed by atoms with Crippen LogP contribution in [-0.4, -0.2) is 26.4 Å². The number of para-hydroxylation sites is 1. The van der Waals surface area contributed by atoms with E-state index >= 15 is 0 Å². The van der Waals surface area contributed by atoms with Crippen LogP contribution < -0.4 is 10.1 Å². The molecule has 1 N–H and O–H groups in total. The van der Waals surface area contributed by atoms with E-state index in [2.05, 4.69) is 31.4 Å². The van der Waals surface area contributed by atoms with E-state index in [1.54, 1.807) is 12.1 Å². The molecule has 1 amide bonds. The predicted octanol–water partition coefficient (Wildman–Crippen LogP) is 5.64. The molecule has 0 aliphatic carbocycles. The van der Waals surface area contributed by atoms with E-state index in [4.69, 9.17) is 16.3 Å². The van der Waals surface area contributed by atoms with Crippen molar-refractivity contribution in [2.75, 3.05) is 11.1 Å². The zero-order valence-electron chi connectivity index (χ0n) is 16.9. The first-order valence-corrected chi connectivity index (χ1v) is 11.5. The van der Waals surface area contributed by atoms with Gasteiger partial charge in [-0.25, -0.2) is 0 Å². The number of thioether (sulfide) groups is 1. The summed E-state index contributed by atoms with van der Waals surface area (Å²) in [5.74, 6) is 1.42. The number of ether oxygens (including phenoxy) is 1. The minimum absolute atomic E-state index is 0.0932. The number of hydrogen-bond acceptors (Lipinski definition) is 5. The number of rotatable bonds is 8. The lowest BCUT2D eigenvalue weighted by atomic mass is 10.1. The Hall–Kier alpha value is -2.03. The molecule has 0 bridgehead atoms. The lowest BCUT2D eigenvalue weighted by Crippen LogP contribution is -2.16. The molecule has 0 saturated heterocycles. The Bertz CT molecular complexity index is 1060. The monoisotopic (exact) mass is 508 g/mol. The number of nitrogens with zero attached hydrogens (tertiary/aromatic N) is 3. The SMILES string of the molecule is CCn1c(COc2ccccc2Cl)nnc1SCC(=O)Nc1ccc(Br)c(C)c1C. The molecule has 0 aliphatic rings. The molecule has 0 unspecified atom stereocenters. The average molecular weight is 510 g/mol. The highest BCUT2D eigenvalue weighted by Gasteiger charge is 2.15. The van der Waals surface area contributed by atoms with Crippen molar-refractivity contribution in [3.8, 4) is 5.75 Å². The molecular formula is C21H22BrClN4O2S. The van der Waals surface area contributed by atoms with Crippen LogP contribution in [-0.2, 0) is 17.9 Å². The molecule has 0 aliphatic heterocycles. The van der Waals surface area contributed by atoms with Crippen molar-refractivity contribution in [3.63, 3.8) is 0 Å². The fraction of sp³-hybridized carbons (Fsp3) is 0.286. The van der Waals surface area contributed by atoms with E-state index in [0.29, 0.717) is 28.3 Å². The highest BCUT2D eigenvalue weighted by molar-refractivity contribution is 9.10. The minimum Gasteiger partial charge on any atom is -0.484 e. The molecule has 0 spiro atoms. The van der Waals surface area contributed by atoms with Gasteiger partial charge < -0.3 is 14.6 Å². The number of anilines is 1. The van der Waals surface area contributed by atoms with Crippen LogP contribution in [0.15, 0.2) is 46.0 Å². The second-order valence-corrected chi connectivity index (χ2v) is 8.75. The van der Waals surface area contributed by atoms with Crippen LogP contribution in [0, 0.1) is 13.8 Å². The zero-order valence-corrected chi connectivity index (χ0v) is 20.1. The number of carbonyl (C=O) groups is 1. The van der Waals surface area contributed by atoms with E-state index in [1.165, 1.54) is 11.8 Å². The summed E-state index contributed by atoms with van der Waals surface area (Å²) in [6.45, 7) is 6.92. The van der Waals surface area contributed by atoms with Gasteiger partial charge in [-0.15, -0.1) is 10.2 Å². The summed E-state index contributed by atoms with van der Waals surface area (Å²) in [5, 5.41) is 12.6. The van der Waals surface area contributed by atoms with Gasteiger partial charge in [-0.05, 0) is 56.2 Å². The normalized spacial score (nSPS) is 10.8. The second kappa shape index (κ2) is 10.3. The number of carbonyl (C=O) groups excluding carboxylic acids is 1. The molecule has 0 atom stereocenters. The van der Waals surface area contributed by atoms with Gasteiger partial charge in [0.2, 0.25) is 5.91 Å². The molecule has 0 fully saturated rings. The van der Waals surface area contributed by atoms with E-state index < -0.39 is 0 Å². The smallest absolute Gasteiger partial charge is 0.234 e. The van der Waals surface area contributed by atoms with Crippen LogP contribution in [0.2, 0.25) is 5.02 Å². The quantitative estimate of drug-likeness (QED) is 0.398. The van der Waals surface area contributed by atoms with Crippen molar-refractivity contribution in [3.05, 3.63) is 62.8 Å². The van der Waals surface area contributed by atoms with Gasteiger partial charge in [-0.2, -0.15) is 0 Å². The third kappa shape index (κ3) is 5.36. The zero-order chi connectivity index (χ0) is 21.7. The maximum Gasteiger partial charge on any atom is 0.234 e. The van der Waals surface area contributed by atoms with Gasteiger partial charge in [-0.3, -0.25) is 4.79 Å². The summed E-state index contributed by atoms with van der Waals surface area (Å²) in [4.78, 5) is 12.4. The number of aromatic nitrogens is 3. The van der Waals surface area contributed by atoms with Gasteiger partial charge in [0.1, 0.15) is 12.4 Å². The van der Waals surface area contributed by atoms with Crippen LogP contribution in [0.4, 0.5) is 5.69 Å². The first kappa shape index (κ1) is 22.7. The van der Waals surface area contributed by atoms with E-state index in [0.717, 1.165) is 21.3 Å². The highest BCUT2D eigenvalue weighted by Crippen LogP contribution is 2.27. The molecule has 0 radical (unpaired) electrons. The standard InChI is InChI=1S/C21H22BrClN4O2S/c1-4-27-19(11-29-18-8-6-5-7-16(18)23)25-26-21(27)30-12-20(28)24-17-10-9-15(22)13(2)14(17)3/h5-10H,4,11-12H2,1-3H3,(H,24,28). The fourth-order valence-electron chi connectivity index (χ4n) is 2.79. The number of benzene rings is 2. The van der Waals surface area contributed by atoms with Crippen molar-refractivity contribution in [2.24, 2.45) is 0 Å². The lowest BCUT2D eigenvalue weighted by molar-refractivity contribution is -0.113. The molecule has 0 saturated carbocycles. The van der Waals surface area contributed by atoms with Gasteiger partial charge in [-0.1, -0.05) is 51.4 Å². The number of nitrogens with one attached hydrogen (secondary N) is 1. The summed E-state index contributed by atoms with van der Waals surface area (Å²) in [6, 6.07) is 11.1. The van der Waals surface area contributed by atoms with Crippen molar-refractivity contribution < 1.29 is 9.53 Å². The third-order valence-electron chi connectivity index (χ3n) is 4.63. The summed E-state index contributed by atoms with van der Waals surface area (Å²) >= 11 is 11.0. The van der Waals surface area contributed by atoms with E-state index in [1.807, 2.05) is 49.6 Å². The van der Waals surface area contributed by atoms with Gasteiger partial charge in [0.25, 0.3) is 0 Å². The van der Waals surface area contributed by atoms with E-state index in [-0.39, 0.29) is 18.3 Å². The maximum atomic E-state index is 12.4. The minimum atomic E-state index is -0.0932. The predicted molar refractivity (Wildman–Crippen MR) is 124 cm³/mol. The molecule has 2 aromatic carbocycles. The summed E-state index contributed by atoms with van der Waals surface area (Å²) in [5.41, 5.74) is 2.96. The van der Waals surface area contributed by atoms with Gasteiger partial charge >= 0.3 is 0 Å². The summed E-state index contributed by atoms with van der Waals surface area (Å²) < 4.78 is 8.73. The fourth-order valence-corrected chi connectivity index (χ4v) is 4.23. The van der Waals surface area contributed by atoms with Crippen molar-refractivity contribution >= 4 is 50.9 Å². The lowest BCUT2D eigenvalue weighted by Gasteiger charge is -2.12. The summed E-state index contributed by atoms with van der Waals surface area (Å²) in [7, 11) is 0. The maximum absolute atomic E-state index is 12.4. The molecule has 9 heteroatoms. The highest BCUT2D eigenvalue weighted by atomic mass is 79.9. The van der Waals surface area contributed by atoms with Crippen LogP contribution in [0.1, 0.15) is 23.9 Å².